The summed E-state index contributed by atoms with van der Waals surface area (Å²) >= 11 is 0. The maximum atomic E-state index is 11.1. The summed E-state index contributed by atoms with van der Waals surface area (Å²) in [6.45, 7) is 19.3. The molecule has 0 bridgehead atoms. The van der Waals surface area contributed by atoms with Gasteiger partial charge in [0, 0.05) is 117 Å². The minimum absolute atomic E-state index is 0.145. The van der Waals surface area contributed by atoms with Gasteiger partial charge in [0.05, 0.1) is 34.6 Å². The SMILES string of the molecule is O=[N+]([O-])c1ccc([C@@H]2CN3CCC[C@H]3c3cc(OCCCN4CCCCC4)ccc32)cc1.O=[N+]([O-])c1ccc([C@@H]2CN3CCC[C@H]3c3cccc(OCCCN4CCCCC4)c32)cc1.O=[N+]([O-])c1ccc([C@H]2CN3CCC[C@H]3c3cc(OCCCN4CCCCC4)ccc32)cc1. The lowest BCUT2D eigenvalue weighted by molar-refractivity contribution is -0.385. The van der Waals surface area contributed by atoms with Crippen LogP contribution in [0.5, 0.6) is 17.2 Å². The van der Waals surface area contributed by atoms with E-state index in [-0.39, 0.29) is 49.6 Å². The van der Waals surface area contributed by atoms with Crippen LogP contribution in [0.1, 0.15) is 202 Å². The maximum Gasteiger partial charge on any atom is 0.269 e. The molecule has 18 nitrogen and oxygen atoms in total. The summed E-state index contributed by atoms with van der Waals surface area (Å²) in [5.41, 5.74) is 12.0. The largest absolute Gasteiger partial charge is 0.494 e. The maximum absolute atomic E-state index is 11.1. The average Bonchev–Trinajstić information content (AvgIpc) is 1.29. The fourth-order valence-electron chi connectivity index (χ4n) is 17.3. The molecule has 0 aliphatic carbocycles. The number of benzene rings is 6. The molecule has 9 aliphatic heterocycles. The molecular weight excluding hydrogens is 1210 g/mol. The number of fused-ring (bicyclic) bond motifs is 9. The first kappa shape index (κ1) is 67.3. The first-order valence-corrected chi connectivity index (χ1v) is 36.5. The van der Waals surface area contributed by atoms with E-state index < -0.39 is 0 Å². The van der Waals surface area contributed by atoms with Gasteiger partial charge in [-0.25, -0.2) is 0 Å². The van der Waals surface area contributed by atoms with Gasteiger partial charge in [-0.05, 0) is 230 Å². The molecule has 6 saturated heterocycles. The molecule has 0 aromatic heterocycles. The van der Waals surface area contributed by atoms with Crippen LogP contribution in [0.25, 0.3) is 0 Å². The number of hydrogen-bond acceptors (Lipinski definition) is 15. The molecule has 18 heteroatoms. The fraction of sp³-hybridized carbons (Fsp3) is 0.538. The third kappa shape index (κ3) is 16.3. The molecule has 9 heterocycles. The van der Waals surface area contributed by atoms with Crippen LogP contribution in [-0.2, 0) is 0 Å². The molecule has 0 unspecified atom stereocenters. The van der Waals surface area contributed by atoms with Gasteiger partial charge in [-0.3, -0.25) is 45.0 Å². The number of nitro benzene ring substituents is 3. The van der Waals surface area contributed by atoms with Crippen LogP contribution in [0.15, 0.2) is 127 Å². The zero-order valence-electron chi connectivity index (χ0n) is 56.2. The molecule has 96 heavy (non-hydrogen) atoms. The third-order valence-corrected chi connectivity index (χ3v) is 22.3. The van der Waals surface area contributed by atoms with Gasteiger partial charge in [-0.2, -0.15) is 0 Å². The number of non-ortho nitro benzene ring substituents is 3. The summed E-state index contributed by atoms with van der Waals surface area (Å²) in [4.78, 5) is 47.7. The number of nitro groups is 3. The Balaban J connectivity index is 0.000000130. The third-order valence-electron chi connectivity index (χ3n) is 22.3. The van der Waals surface area contributed by atoms with E-state index >= 15 is 0 Å². The van der Waals surface area contributed by atoms with Crippen LogP contribution >= 0.6 is 0 Å². The molecular formula is C78H99N9O9. The van der Waals surface area contributed by atoms with Gasteiger partial charge in [-0.1, -0.05) is 79.9 Å². The minimum Gasteiger partial charge on any atom is -0.494 e. The van der Waals surface area contributed by atoms with Crippen molar-refractivity contribution in [1.29, 1.82) is 0 Å². The highest BCUT2D eigenvalue weighted by atomic mass is 16.6. The first-order chi connectivity index (χ1) is 47.1. The van der Waals surface area contributed by atoms with Gasteiger partial charge >= 0.3 is 0 Å². The lowest BCUT2D eigenvalue weighted by atomic mass is 9.81. The van der Waals surface area contributed by atoms with Crippen molar-refractivity contribution in [3.8, 4) is 17.2 Å². The average molecular weight is 1310 g/mol. The molecule has 6 fully saturated rings. The summed E-state index contributed by atoms with van der Waals surface area (Å²) in [5.74, 6) is 3.60. The summed E-state index contributed by atoms with van der Waals surface area (Å²) < 4.78 is 18.8. The highest BCUT2D eigenvalue weighted by Gasteiger charge is 2.41. The zero-order chi connectivity index (χ0) is 65.7. The Hall–Kier alpha value is -7.32. The lowest BCUT2D eigenvalue weighted by Crippen LogP contribution is -2.35. The van der Waals surface area contributed by atoms with Gasteiger partial charge in [0.1, 0.15) is 17.2 Å². The molecule has 0 saturated carbocycles. The number of rotatable bonds is 21. The molecule has 15 rings (SSSR count). The van der Waals surface area contributed by atoms with Crippen molar-refractivity contribution in [1.82, 2.24) is 29.4 Å². The van der Waals surface area contributed by atoms with E-state index in [0.29, 0.717) is 18.1 Å². The number of likely N-dealkylation sites (tertiary alicyclic amines) is 3. The fourth-order valence-corrected chi connectivity index (χ4v) is 17.3. The number of hydrogen-bond donors (Lipinski definition) is 0. The molecule has 0 N–H and O–H groups in total. The van der Waals surface area contributed by atoms with E-state index in [4.69, 9.17) is 14.2 Å². The van der Waals surface area contributed by atoms with Crippen LogP contribution in [0.4, 0.5) is 17.1 Å². The van der Waals surface area contributed by atoms with Crippen LogP contribution in [0.2, 0.25) is 0 Å². The van der Waals surface area contributed by atoms with Gasteiger partial charge in [-0.15, -0.1) is 0 Å². The van der Waals surface area contributed by atoms with Crippen molar-refractivity contribution in [2.75, 3.05) is 118 Å². The first-order valence-electron chi connectivity index (χ1n) is 36.5. The van der Waals surface area contributed by atoms with Gasteiger partial charge < -0.3 is 28.9 Å². The van der Waals surface area contributed by atoms with Gasteiger partial charge in [0.15, 0.2) is 0 Å². The van der Waals surface area contributed by atoms with Crippen LogP contribution in [0.3, 0.4) is 0 Å². The Morgan fingerprint density at radius 1 is 0.354 bits per heavy atom. The Labute approximate surface area is 567 Å². The Morgan fingerprint density at radius 2 is 0.708 bits per heavy atom. The number of nitrogens with zero attached hydrogens (tertiary/aromatic N) is 9. The summed E-state index contributed by atoms with van der Waals surface area (Å²) in [7, 11) is 0. The monoisotopic (exact) mass is 1310 g/mol. The molecule has 6 aromatic rings. The van der Waals surface area contributed by atoms with E-state index in [0.717, 1.165) is 132 Å². The summed E-state index contributed by atoms with van der Waals surface area (Å²) in [6.07, 6.45) is 22.5. The van der Waals surface area contributed by atoms with Crippen molar-refractivity contribution in [3.05, 3.63) is 208 Å². The molecule has 0 amide bonds. The van der Waals surface area contributed by atoms with Crippen molar-refractivity contribution >= 4 is 17.1 Å². The Morgan fingerprint density at radius 3 is 1.09 bits per heavy atom. The Kier molecular flexibility index (Phi) is 22.7. The second-order valence-corrected chi connectivity index (χ2v) is 28.3. The van der Waals surface area contributed by atoms with E-state index in [1.807, 2.05) is 36.4 Å². The van der Waals surface area contributed by atoms with Gasteiger partial charge in [0.2, 0.25) is 0 Å². The molecule has 510 valence electrons. The topological polar surface area (TPSA) is 177 Å². The second kappa shape index (κ2) is 32.4. The van der Waals surface area contributed by atoms with Gasteiger partial charge in [0.25, 0.3) is 17.1 Å². The molecule has 6 aromatic carbocycles. The molecule has 0 radical (unpaired) electrons. The molecule has 6 atom stereocenters. The van der Waals surface area contributed by atoms with Crippen molar-refractivity contribution in [2.45, 2.75) is 151 Å². The molecule has 9 aliphatic rings. The predicted molar refractivity (Wildman–Crippen MR) is 376 cm³/mol. The molecule has 0 spiro atoms. The number of ether oxygens (including phenoxy) is 3. The van der Waals surface area contributed by atoms with E-state index in [1.165, 1.54) is 169 Å². The lowest BCUT2D eigenvalue weighted by Gasteiger charge is -2.38. The van der Waals surface area contributed by atoms with E-state index in [2.05, 4.69) is 84.0 Å². The zero-order valence-corrected chi connectivity index (χ0v) is 56.2. The summed E-state index contributed by atoms with van der Waals surface area (Å²) in [6, 6.07) is 42.5. The van der Waals surface area contributed by atoms with Crippen LogP contribution in [0, 0.1) is 30.3 Å². The quantitative estimate of drug-likeness (QED) is 0.0377. The standard InChI is InChI=1S/3C26H33N3O3/c30-29(31)21-12-10-20(11-13-21)23-19-28-17-5-8-24(28)22-7-4-9-25(26(22)23)32-18-6-16-27-14-2-1-3-15-27;2*30-29(31)21-9-7-20(8-10-21)25-19-28-16-4-6-26(28)24-18-22(11-12-23(24)25)32-17-5-15-27-13-2-1-3-14-27/h4,7,9-13,23-24H,1-3,5-6,8,14-19H2;2*7-12,18,25-26H,1-6,13-17,19H2/t23-,24-;25-,26+;25-,26-/m010/s1. The van der Waals surface area contributed by atoms with Crippen molar-refractivity contribution in [3.63, 3.8) is 0 Å². The number of piperidine rings is 3. The van der Waals surface area contributed by atoms with Crippen molar-refractivity contribution in [2.24, 2.45) is 0 Å². The van der Waals surface area contributed by atoms with E-state index in [9.17, 15) is 30.3 Å². The highest BCUT2D eigenvalue weighted by molar-refractivity contribution is 5.53. The van der Waals surface area contributed by atoms with E-state index in [1.54, 1.807) is 36.4 Å². The second-order valence-electron chi connectivity index (χ2n) is 28.3. The minimum atomic E-state index is -0.329. The Bertz CT molecular complexity index is 3380. The summed E-state index contributed by atoms with van der Waals surface area (Å²) in [5, 5.41) is 33.2. The van der Waals surface area contributed by atoms with Crippen LogP contribution < -0.4 is 14.2 Å². The predicted octanol–water partition coefficient (Wildman–Crippen LogP) is 15.4. The normalized spacial score (nSPS) is 23.5. The smallest absolute Gasteiger partial charge is 0.269 e. The van der Waals surface area contributed by atoms with Crippen molar-refractivity contribution < 1.29 is 29.0 Å². The van der Waals surface area contributed by atoms with Crippen LogP contribution in [-0.4, -0.2) is 162 Å². The highest BCUT2D eigenvalue weighted by Crippen LogP contribution is 2.50.